The van der Waals surface area contributed by atoms with Crippen molar-refractivity contribution in [3.8, 4) is 0 Å². The maximum absolute atomic E-state index is 12.6. The Hall–Kier alpha value is -0.890. The van der Waals surface area contributed by atoms with Crippen LogP contribution in [0.15, 0.2) is 24.3 Å². The number of hydrogen-bond acceptors (Lipinski definition) is 1. The highest BCUT2D eigenvalue weighted by atomic mass is 19.1. The Morgan fingerprint density at radius 1 is 1.29 bits per heavy atom. The van der Waals surface area contributed by atoms with Crippen molar-refractivity contribution in [2.24, 2.45) is 5.92 Å². The lowest BCUT2D eigenvalue weighted by atomic mass is 10.1. The molecule has 1 atom stereocenters. The molecule has 1 N–H and O–H groups in total. The molecule has 1 aromatic carbocycles. The average Bonchev–Trinajstić information content (AvgIpc) is 2.21. The van der Waals surface area contributed by atoms with Crippen molar-refractivity contribution in [2.45, 2.75) is 26.8 Å². The second-order valence-electron chi connectivity index (χ2n) is 3.77. The fourth-order valence-corrected chi connectivity index (χ4v) is 1.21. The van der Waals surface area contributed by atoms with Crippen LogP contribution in [0.4, 0.5) is 4.39 Å². The summed E-state index contributed by atoms with van der Waals surface area (Å²) in [6.07, 6.45) is 1.19. The molecule has 0 aliphatic carbocycles. The zero-order valence-electron chi connectivity index (χ0n) is 8.89. The predicted molar refractivity (Wildman–Crippen MR) is 57.6 cm³/mol. The van der Waals surface area contributed by atoms with Crippen LogP contribution in [0, 0.1) is 11.7 Å². The topological polar surface area (TPSA) is 12.0 Å². The summed E-state index contributed by atoms with van der Waals surface area (Å²) >= 11 is 0. The Balaban J connectivity index is 2.28. The van der Waals surface area contributed by atoms with E-state index in [0.29, 0.717) is 5.92 Å². The van der Waals surface area contributed by atoms with Gasteiger partial charge in [0.2, 0.25) is 0 Å². The molecule has 0 saturated carbocycles. The molecule has 0 heterocycles. The minimum Gasteiger partial charge on any atom is -0.312 e. The van der Waals surface area contributed by atoms with E-state index in [1.54, 1.807) is 0 Å². The van der Waals surface area contributed by atoms with Crippen LogP contribution >= 0.6 is 0 Å². The van der Waals surface area contributed by atoms with Gasteiger partial charge in [-0.25, -0.2) is 4.39 Å². The molecule has 0 fully saturated rings. The van der Waals surface area contributed by atoms with E-state index < -0.39 is 0 Å². The quantitative estimate of drug-likeness (QED) is 0.761. The van der Waals surface area contributed by atoms with Crippen molar-refractivity contribution in [3.05, 3.63) is 35.6 Å². The van der Waals surface area contributed by atoms with E-state index in [4.69, 9.17) is 0 Å². The lowest BCUT2D eigenvalue weighted by Crippen LogP contribution is -2.20. The highest BCUT2D eigenvalue weighted by Crippen LogP contribution is 2.03. The summed E-state index contributed by atoms with van der Waals surface area (Å²) in [5.41, 5.74) is 1.13. The maximum atomic E-state index is 12.6. The number of hydrogen-bond donors (Lipinski definition) is 1. The fraction of sp³-hybridized carbons (Fsp3) is 0.500. The molecule has 0 spiro atoms. The van der Waals surface area contributed by atoms with E-state index in [1.165, 1.54) is 18.6 Å². The summed E-state index contributed by atoms with van der Waals surface area (Å²) in [6.45, 7) is 6.25. The molecule has 0 saturated heterocycles. The summed E-state index contributed by atoms with van der Waals surface area (Å²) in [7, 11) is 0. The molecule has 0 bridgehead atoms. The molecule has 0 radical (unpaired) electrons. The standard InChI is InChI=1S/C12H18FN/c1-3-10(2)8-14-9-11-4-6-12(13)7-5-11/h4-7,10,14H,3,8-9H2,1-2H3/t10-/m1/s1. The Bertz CT molecular complexity index is 256. The molecule has 14 heavy (non-hydrogen) atoms. The molecular weight excluding hydrogens is 177 g/mol. The molecule has 0 unspecified atom stereocenters. The first-order chi connectivity index (χ1) is 6.72. The third-order valence-corrected chi connectivity index (χ3v) is 2.43. The highest BCUT2D eigenvalue weighted by Gasteiger charge is 1.98. The minimum atomic E-state index is -0.171. The summed E-state index contributed by atoms with van der Waals surface area (Å²) in [5, 5.41) is 3.35. The maximum Gasteiger partial charge on any atom is 0.123 e. The first-order valence-corrected chi connectivity index (χ1v) is 5.17. The van der Waals surface area contributed by atoms with Gasteiger partial charge in [-0.05, 0) is 30.2 Å². The van der Waals surface area contributed by atoms with E-state index in [9.17, 15) is 4.39 Å². The Labute approximate surface area is 85.3 Å². The summed E-state index contributed by atoms with van der Waals surface area (Å²) in [6, 6.07) is 6.64. The van der Waals surface area contributed by atoms with Crippen molar-refractivity contribution in [1.82, 2.24) is 5.32 Å². The minimum absolute atomic E-state index is 0.171. The largest absolute Gasteiger partial charge is 0.312 e. The fourth-order valence-electron chi connectivity index (χ4n) is 1.21. The number of nitrogens with one attached hydrogen (secondary N) is 1. The van der Waals surface area contributed by atoms with Gasteiger partial charge < -0.3 is 5.32 Å². The zero-order valence-corrected chi connectivity index (χ0v) is 8.89. The number of halogens is 1. The lowest BCUT2D eigenvalue weighted by molar-refractivity contribution is 0.499. The van der Waals surface area contributed by atoms with E-state index in [0.717, 1.165) is 18.7 Å². The van der Waals surface area contributed by atoms with Crippen LogP contribution in [0.1, 0.15) is 25.8 Å². The van der Waals surface area contributed by atoms with Crippen molar-refractivity contribution >= 4 is 0 Å². The summed E-state index contributed by atoms with van der Waals surface area (Å²) in [5.74, 6) is 0.533. The van der Waals surface area contributed by atoms with Crippen molar-refractivity contribution in [1.29, 1.82) is 0 Å². The summed E-state index contributed by atoms with van der Waals surface area (Å²) in [4.78, 5) is 0. The van der Waals surface area contributed by atoms with E-state index >= 15 is 0 Å². The second-order valence-corrected chi connectivity index (χ2v) is 3.77. The van der Waals surface area contributed by atoms with Gasteiger partial charge in [0.05, 0.1) is 0 Å². The zero-order chi connectivity index (χ0) is 10.4. The molecule has 0 aromatic heterocycles. The lowest BCUT2D eigenvalue weighted by Gasteiger charge is -2.09. The average molecular weight is 195 g/mol. The third-order valence-electron chi connectivity index (χ3n) is 2.43. The highest BCUT2D eigenvalue weighted by molar-refractivity contribution is 5.15. The van der Waals surface area contributed by atoms with Gasteiger partial charge in [0.25, 0.3) is 0 Å². The molecular formula is C12H18FN. The van der Waals surface area contributed by atoms with Gasteiger partial charge in [0.1, 0.15) is 5.82 Å². The molecule has 2 heteroatoms. The normalized spacial score (nSPS) is 12.8. The van der Waals surface area contributed by atoms with Gasteiger partial charge in [0, 0.05) is 6.54 Å². The smallest absolute Gasteiger partial charge is 0.123 e. The van der Waals surface area contributed by atoms with E-state index in [2.05, 4.69) is 19.2 Å². The predicted octanol–water partition coefficient (Wildman–Crippen LogP) is 2.96. The summed E-state index contributed by atoms with van der Waals surface area (Å²) < 4.78 is 12.6. The van der Waals surface area contributed by atoms with E-state index in [-0.39, 0.29) is 5.82 Å². The van der Waals surface area contributed by atoms with Gasteiger partial charge >= 0.3 is 0 Å². The van der Waals surface area contributed by atoms with Crippen LogP contribution in [0.3, 0.4) is 0 Å². The number of rotatable bonds is 5. The molecule has 0 aliphatic heterocycles. The molecule has 0 aliphatic rings. The second kappa shape index (κ2) is 5.76. The first-order valence-electron chi connectivity index (χ1n) is 5.17. The monoisotopic (exact) mass is 195 g/mol. The molecule has 1 rings (SSSR count). The molecule has 1 nitrogen and oxygen atoms in total. The van der Waals surface area contributed by atoms with Crippen molar-refractivity contribution in [3.63, 3.8) is 0 Å². The van der Waals surface area contributed by atoms with Crippen LogP contribution < -0.4 is 5.32 Å². The molecule has 1 aromatic rings. The van der Waals surface area contributed by atoms with Crippen molar-refractivity contribution < 1.29 is 4.39 Å². The van der Waals surface area contributed by atoms with Gasteiger partial charge in [-0.2, -0.15) is 0 Å². The molecule has 78 valence electrons. The molecule has 0 amide bonds. The van der Waals surface area contributed by atoms with Crippen LogP contribution in [0.5, 0.6) is 0 Å². The Morgan fingerprint density at radius 2 is 1.93 bits per heavy atom. The van der Waals surface area contributed by atoms with E-state index in [1.807, 2.05) is 12.1 Å². The third kappa shape index (κ3) is 3.88. The SMILES string of the molecule is CC[C@@H](C)CNCc1ccc(F)cc1. The Kier molecular flexibility index (Phi) is 4.60. The first kappa shape index (κ1) is 11.2. The van der Waals surface area contributed by atoms with Crippen LogP contribution in [0.2, 0.25) is 0 Å². The van der Waals surface area contributed by atoms with Gasteiger partial charge in [-0.15, -0.1) is 0 Å². The Morgan fingerprint density at radius 3 is 2.50 bits per heavy atom. The van der Waals surface area contributed by atoms with Gasteiger partial charge in [0.15, 0.2) is 0 Å². The van der Waals surface area contributed by atoms with Crippen LogP contribution in [-0.2, 0) is 6.54 Å². The van der Waals surface area contributed by atoms with Gasteiger partial charge in [-0.3, -0.25) is 0 Å². The van der Waals surface area contributed by atoms with Crippen LogP contribution in [-0.4, -0.2) is 6.54 Å². The van der Waals surface area contributed by atoms with Crippen LogP contribution in [0.25, 0.3) is 0 Å². The van der Waals surface area contributed by atoms with Gasteiger partial charge in [-0.1, -0.05) is 32.4 Å². The number of benzene rings is 1. The van der Waals surface area contributed by atoms with Crippen molar-refractivity contribution in [2.75, 3.05) is 6.54 Å².